The standard InChI is InChI=1S/C16H20ClN3O/c1-11(2)16-18-8-15(14(10-21)19-16)20(3)9-12-6-4-5-7-13(12)17/h4-8,11,21H,9-10H2,1-3H3. The van der Waals surface area contributed by atoms with Crippen molar-refractivity contribution in [2.45, 2.75) is 32.9 Å². The Labute approximate surface area is 130 Å². The second kappa shape index (κ2) is 6.87. The summed E-state index contributed by atoms with van der Waals surface area (Å²) in [5, 5.41) is 10.3. The highest BCUT2D eigenvalue weighted by Crippen LogP contribution is 2.23. The molecule has 0 amide bonds. The first-order valence-corrected chi connectivity index (χ1v) is 7.32. The van der Waals surface area contributed by atoms with Crippen LogP contribution in [0.25, 0.3) is 0 Å². The van der Waals surface area contributed by atoms with Crippen molar-refractivity contribution < 1.29 is 5.11 Å². The van der Waals surface area contributed by atoms with E-state index in [1.54, 1.807) is 6.20 Å². The Kier molecular flexibility index (Phi) is 5.15. The molecule has 1 aromatic heterocycles. The van der Waals surface area contributed by atoms with Gasteiger partial charge in [0.2, 0.25) is 0 Å². The molecule has 4 nitrogen and oxygen atoms in total. The van der Waals surface area contributed by atoms with Crippen LogP contribution in [0.5, 0.6) is 0 Å². The molecule has 0 radical (unpaired) electrons. The smallest absolute Gasteiger partial charge is 0.131 e. The van der Waals surface area contributed by atoms with Gasteiger partial charge in [-0.25, -0.2) is 9.97 Å². The quantitative estimate of drug-likeness (QED) is 0.920. The molecule has 0 fully saturated rings. The number of nitrogens with zero attached hydrogens (tertiary/aromatic N) is 3. The van der Waals surface area contributed by atoms with E-state index < -0.39 is 0 Å². The van der Waals surface area contributed by atoms with Crippen LogP contribution in [0.4, 0.5) is 5.69 Å². The van der Waals surface area contributed by atoms with E-state index in [9.17, 15) is 5.11 Å². The minimum absolute atomic E-state index is 0.107. The lowest BCUT2D eigenvalue weighted by molar-refractivity contribution is 0.276. The van der Waals surface area contributed by atoms with Crippen LogP contribution in [0.1, 0.15) is 36.8 Å². The molecule has 0 atom stereocenters. The maximum absolute atomic E-state index is 9.55. The molecule has 1 aromatic carbocycles. The molecule has 0 aliphatic carbocycles. The van der Waals surface area contributed by atoms with Crippen molar-refractivity contribution in [2.24, 2.45) is 0 Å². The number of aromatic nitrogens is 2. The van der Waals surface area contributed by atoms with Crippen molar-refractivity contribution >= 4 is 17.3 Å². The fourth-order valence-corrected chi connectivity index (χ4v) is 2.30. The maximum Gasteiger partial charge on any atom is 0.131 e. The van der Waals surface area contributed by atoms with Gasteiger partial charge < -0.3 is 10.0 Å². The molecule has 1 heterocycles. The number of halogens is 1. The van der Waals surface area contributed by atoms with Gasteiger partial charge in [0.15, 0.2) is 0 Å². The molecule has 21 heavy (non-hydrogen) atoms. The zero-order valence-corrected chi connectivity index (χ0v) is 13.3. The topological polar surface area (TPSA) is 49.2 Å². The normalized spacial score (nSPS) is 11.0. The summed E-state index contributed by atoms with van der Waals surface area (Å²) >= 11 is 6.19. The summed E-state index contributed by atoms with van der Waals surface area (Å²) in [4.78, 5) is 10.8. The van der Waals surface area contributed by atoms with Crippen LogP contribution in [0.2, 0.25) is 5.02 Å². The predicted molar refractivity (Wildman–Crippen MR) is 85.6 cm³/mol. The first-order chi connectivity index (χ1) is 10.0. The number of aliphatic hydroxyl groups excluding tert-OH is 1. The zero-order valence-electron chi connectivity index (χ0n) is 12.5. The van der Waals surface area contributed by atoms with E-state index in [1.165, 1.54) is 0 Å². The van der Waals surface area contributed by atoms with Gasteiger partial charge in [0.25, 0.3) is 0 Å². The third-order valence-electron chi connectivity index (χ3n) is 3.31. The Balaban J connectivity index is 2.26. The molecular weight excluding hydrogens is 286 g/mol. The highest BCUT2D eigenvalue weighted by atomic mass is 35.5. The van der Waals surface area contributed by atoms with E-state index in [-0.39, 0.29) is 12.5 Å². The van der Waals surface area contributed by atoms with Crippen LogP contribution in [-0.2, 0) is 13.2 Å². The molecule has 0 unspecified atom stereocenters. The third kappa shape index (κ3) is 3.71. The van der Waals surface area contributed by atoms with Crippen molar-refractivity contribution in [3.05, 3.63) is 52.6 Å². The van der Waals surface area contributed by atoms with E-state index in [0.29, 0.717) is 12.2 Å². The van der Waals surface area contributed by atoms with E-state index in [1.807, 2.05) is 50.1 Å². The van der Waals surface area contributed by atoms with Crippen LogP contribution in [0, 0.1) is 0 Å². The Bertz CT molecular complexity index is 616. The number of aliphatic hydroxyl groups is 1. The minimum Gasteiger partial charge on any atom is -0.390 e. The molecule has 0 aliphatic rings. The molecule has 112 valence electrons. The van der Waals surface area contributed by atoms with Gasteiger partial charge in [-0.3, -0.25) is 0 Å². The fraction of sp³-hybridized carbons (Fsp3) is 0.375. The van der Waals surface area contributed by atoms with Crippen LogP contribution in [-0.4, -0.2) is 22.1 Å². The van der Waals surface area contributed by atoms with Crippen molar-refractivity contribution in [1.29, 1.82) is 0 Å². The largest absolute Gasteiger partial charge is 0.390 e. The molecule has 0 spiro atoms. The number of benzene rings is 1. The second-order valence-corrected chi connectivity index (χ2v) is 5.73. The van der Waals surface area contributed by atoms with Gasteiger partial charge in [0.1, 0.15) is 5.82 Å². The molecule has 0 saturated carbocycles. The van der Waals surface area contributed by atoms with Gasteiger partial charge in [0.05, 0.1) is 24.2 Å². The summed E-state index contributed by atoms with van der Waals surface area (Å²) < 4.78 is 0. The van der Waals surface area contributed by atoms with Crippen molar-refractivity contribution in [2.75, 3.05) is 11.9 Å². The average Bonchev–Trinajstić information content (AvgIpc) is 2.48. The number of rotatable bonds is 5. The van der Waals surface area contributed by atoms with Crippen LogP contribution in [0.3, 0.4) is 0 Å². The molecule has 2 rings (SSSR count). The van der Waals surface area contributed by atoms with Gasteiger partial charge in [-0.1, -0.05) is 43.6 Å². The summed E-state index contributed by atoms with van der Waals surface area (Å²) in [5.74, 6) is 0.979. The van der Waals surface area contributed by atoms with Crippen molar-refractivity contribution in [3.8, 4) is 0 Å². The predicted octanol–water partition coefficient (Wildman–Crippen LogP) is 3.38. The van der Waals surface area contributed by atoms with Crippen molar-refractivity contribution in [3.63, 3.8) is 0 Å². The van der Waals surface area contributed by atoms with Gasteiger partial charge in [-0.05, 0) is 11.6 Å². The second-order valence-electron chi connectivity index (χ2n) is 5.32. The summed E-state index contributed by atoms with van der Waals surface area (Å²) in [6.07, 6.45) is 1.77. The van der Waals surface area contributed by atoms with E-state index >= 15 is 0 Å². The molecule has 1 N–H and O–H groups in total. The molecular formula is C16H20ClN3O. The minimum atomic E-state index is -0.107. The first-order valence-electron chi connectivity index (χ1n) is 6.94. The van der Waals surface area contributed by atoms with E-state index in [4.69, 9.17) is 11.6 Å². The fourth-order valence-electron chi connectivity index (χ4n) is 2.11. The lowest BCUT2D eigenvalue weighted by Crippen LogP contribution is -2.20. The van der Waals surface area contributed by atoms with E-state index in [2.05, 4.69) is 9.97 Å². The van der Waals surface area contributed by atoms with Crippen LogP contribution >= 0.6 is 11.6 Å². The van der Waals surface area contributed by atoms with Gasteiger partial charge in [-0.2, -0.15) is 0 Å². The Hall–Kier alpha value is -1.65. The number of hydrogen-bond acceptors (Lipinski definition) is 4. The number of anilines is 1. The Morgan fingerprint density at radius 1 is 1.29 bits per heavy atom. The SMILES string of the molecule is CC(C)c1ncc(N(C)Cc2ccccc2Cl)c(CO)n1. The molecule has 0 bridgehead atoms. The molecule has 0 saturated heterocycles. The monoisotopic (exact) mass is 305 g/mol. The molecule has 5 heteroatoms. The third-order valence-corrected chi connectivity index (χ3v) is 3.68. The maximum atomic E-state index is 9.55. The molecule has 0 aliphatic heterocycles. The van der Waals surface area contributed by atoms with Gasteiger partial charge in [0, 0.05) is 24.5 Å². The lowest BCUT2D eigenvalue weighted by Gasteiger charge is -2.22. The van der Waals surface area contributed by atoms with Gasteiger partial charge in [-0.15, -0.1) is 0 Å². The first kappa shape index (κ1) is 15.7. The number of hydrogen-bond donors (Lipinski definition) is 1. The summed E-state index contributed by atoms with van der Waals surface area (Å²) in [6.45, 7) is 4.59. The highest BCUT2D eigenvalue weighted by molar-refractivity contribution is 6.31. The summed E-state index contributed by atoms with van der Waals surface area (Å²) in [5.41, 5.74) is 2.49. The molecule has 2 aromatic rings. The zero-order chi connectivity index (χ0) is 15.4. The summed E-state index contributed by atoms with van der Waals surface area (Å²) in [7, 11) is 1.94. The Morgan fingerprint density at radius 3 is 2.62 bits per heavy atom. The lowest BCUT2D eigenvalue weighted by atomic mass is 10.2. The van der Waals surface area contributed by atoms with Crippen LogP contribution < -0.4 is 4.90 Å². The van der Waals surface area contributed by atoms with Crippen molar-refractivity contribution in [1.82, 2.24) is 9.97 Å². The van der Waals surface area contributed by atoms with E-state index in [0.717, 1.165) is 22.1 Å². The van der Waals surface area contributed by atoms with Gasteiger partial charge >= 0.3 is 0 Å². The average molecular weight is 306 g/mol. The Morgan fingerprint density at radius 2 is 2.00 bits per heavy atom. The highest BCUT2D eigenvalue weighted by Gasteiger charge is 2.13. The van der Waals surface area contributed by atoms with Crippen LogP contribution in [0.15, 0.2) is 30.5 Å². The summed E-state index contributed by atoms with van der Waals surface area (Å²) in [6, 6.07) is 7.72.